The Morgan fingerprint density at radius 1 is 1.44 bits per heavy atom. The average molecular weight is 279 g/mol. The molecule has 3 unspecified atom stereocenters. The average Bonchev–Trinajstić information content (AvgIpc) is 2.63. The third kappa shape index (κ3) is 5.12. The van der Waals surface area contributed by atoms with Crippen LogP contribution in [-0.2, 0) is 9.53 Å². The topological polar surface area (TPSA) is 64.3 Å². The van der Waals surface area contributed by atoms with Gasteiger partial charge < -0.3 is 15.8 Å². The summed E-state index contributed by atoms with van der Waals surface area (Å²) < 4.78 is 5.41. The van der Waals surface area contributed by atoms with Gasteiger partial charge in [-0.3, -0.25) is 4.79 Å². The van der Waals surface area contributed by atoms with Crippen molar-refractivity contribution in [3.63, 3.8) is 0 Å². The third-order valence-corrected chi connectivity index (χ3v) is 3.56. The summed E-state index contributed by atoms with van der Waals surface area (Å²) in [4.78, 5) is 11.9. The van der Waals surface area contributed by atoms with Crippen LogP contribution in [-0.4, -0.2) is 31.7 Å². The molecular formula is C13H27ClN2O2. The van der Waals surface area contributed by atoms with Crippen molar-refractivity contribution in [2.45, 2.75) is 52.2 Å². The molecule has 4 nitrogen and oxygen atoms in total. The Bertz CT molecular complexity index is 266. The van der Waals surface area contributed by atoms with Crippen molar-refractivity contribution in [1.82, 2.24) is 5.32 Å². The van der Waals surface area contributed by atoms with E-state index >= 15 is 0 Å². The SMILES string of the molecule is COC(CNC(=O)C1CCC(N)C1)C(C)(C)C.Cl. The van der Waals surface area contributed by atoms with Crippen LogP contribution in [0.5, 0.6) is 0 Å². The summed E-state index contributed by atoms with van der Waals surface area (Å²) in [6.07, 6.45) is 2.74. The Labute approximate surface area is 116 Å². The molecule has 0 saturated heterocycles. The Balaban J connectivity index is 0.00000289. The molecule has 0 bridgehead atoms. The van der Waals surface area contributed by atoms with Crippen molar-refractivity contribution in [2.75, 3.05) is 13.7 Å². The monoisotopic (exact) mass is 278 g/mol. The predicted molar refractivity (Wildman–Crippen MR) is 75.8 cm³/mol. The molecular weight excluding hydrogens is 252 g/mol. The molecule has 3 N–H and O–H groups in total. The molecule has 1 saturated carbocycles. The molecule has 5 heteroatoms. The van der Waals surface area contributed by atoms with Gasteiger partial charge in [-0.05, 0) is 24.7 Å². The minimum atomic E-state index is 0. The molecule has 1 amide bonds. The van der Waals surface area contributed by atoms with Crippen LogP contribution in [0.15, 0.2) is 0 Å². The Morgan fingerprint density at radius 2 is 2.06 bits per heavy atom. The summed E-state index contributed by atoms with van der Waals surface area (Å²) in [5, 5.41) is 2.98. The first-order valence-corrected chi connectivity index (χ1v) is 6.40. The lowest BCUT2D eigenvalue weighted by Gasteiger charge is -2.29. The number of hydrogen-bond donors (Lipinski definition) is 2. The van der Waals surface area contributed by atoms with Crippen LogP contribution >= 0.6 is 12.4 Å². The lowest BCUT2D eigenvalue weighted by molar-refractivity contribution is -0.125. The number of amides is 1. The summed E-state index contributed by atoms with van der Waals surface area (Å²) in [5.41, 5.74) is 5.85. The van der Waals surface area contributed by atoms with E-state index in [9.17, 15) is 4.79 Å². The van der Waals surface area contributed by atoms with E-state index in [2.05, 4.69) is 26.1 Å². The molecule has 1 aliphatic carbocycles. The van der Waals surface area contributed by atoms with Gasteiger partial charge in [0.2, 0.25) is 5.91 Å². The lowest BCUT2D eigenvalue weighted by atomic mass is 9.89. The Kier molecular flexibility index (Phi) is 7.18. The summed E-state index contributed by atoms with van der Waals surface area (Å²) >= 11 is 0. The van der Waals surface area contributed by atoms with Gasteiger partial charge in [-0.2, -0.15) is 0 Å². The fourth-order valence-electron chi connectivity index (χ4n) is 2.34. The van der Waals surface area contributed by atoms with Crippen LogP contribution in [0.4, 0.5) is 0 Å². The van der Waals surface area contributed by atoms with Crippen molar-refractivity contribution in [3.8, 4) is 0 Å². The largest absolute Gasteiger partial charge is 0.379 e. The summed E-state index contributed by atoms with van der Waals surface area (Å²) in [5.74, 6) is 0.228. The van der Waals surface area contributed by atoms with E-state index in [4.69, 9.17) is 10.5 Å². The Morgan fingerprint density at radius 3 is 2.44 bits per heavy atom. The number of halogens is 1. The van der Waals surface area contributed by atoms with E-state index in [0.717, 1.165) is 19.3 Å². The van der Waals surface area contributed by atoms with Crippen LogP contribution in [0, 0.1) is 11.3 Å². The van der Waals surface area contributed by atoms with Crippen molar-refractivity contribution in [3.05, 3.63) is 0 Å². The second-order valence-electron chi connectivity index (χ2n) is 6.11. The number of carbonyl (C=O) groups excluding carboxylic acids is 1. The number of nitrogens with two attached hydrogens (primary N) is 1. The quantitative estimate of drug-likeness (QED) is 0.823. The van der Waals surface area contributed by atoms with Gasteiger partial charge in [0.05, 0.1) is 6.10 Å². The van der Waals surface area contributed by atoms with Crippen LogP contribution in [0.25, 0.3) is 0 Å². The summed E-state index contributed by atoms with van der Waals surface area (Å²) in [7, 11) is 1.69. The highest BCUT2D eigenvalue weighted by Gasteiger charge is 2.29. The van der Waals surface area contributed by atoms with E-state index in [-0.39, 0.29) is 41.8 Å². The first-order chi connectivity index (χ1) is 7.84. The molecule has 0 aromatic heterocycles. The van der Waals surface area contributed by atoms with Gasteiger partial charge in [0, 0.05) is 25.6 Å². The number of carbonyl (C=O) groups is 1. The number of nitrogens with one attached hydrogen (secondary N) is 1. The van der Waals surface area contributed by atoms with Gasteiger partial charge in [-0.25, -0.2) is 0 Å². The normalized spacial score (nSPS) is 25.4. The lowest BCUT2D eigenvalue weighted by Crippen LogP contribution is -2.42. The summed E-state index contributed by atoms with van der Waals surface area (Å²) in [6, 6.07) is 0.201. The fourth-order valence-corrected chi connectivity index (χ4v) is 2.34. The van der Waals surface area contributed by atoms with Crippen molar-refractivity contribution < 1.29 is 9.53 Å². The zero-order chi connectivity index (χ0) is 13.1. The highest BCUT2D eigenvalue weighted by molar-refractivity contribution is 5.85. The first-order valence-electron chi connectivity index (χ1n) is 6.40. The number of methoxy groups -OCH3 is 1. The maximum absolute atomic E-state index is 11.9. The predicted octanol–water partition coefficient (Wildman–Crippen LogP) is 1.71. The van der Waals surface area contributed by atoms with Crippen LogP contribution in [0.3, 0.4) is 0 Å². The maximum Gasteiger partial charge on any atom is 0.223 e. The zero-order valence-electron chi connectivity index (χ0n) is 11.9. The van der Waals surface area contributed by atoms with Crippen LogP contribution < -0.4 is 11.1 Å². The van der Waals surface area contributed by atoms with Crippen LogP contribution in [0.2, 0.25) is 0 Å². The van der Waals surface area contributed by atoms with E-state index in [0.29, 0.717) is 6.54 Å². The van der Waals surface area contributed by atoms with E-state index in [1.165, 1.54) is 0 Å². The molecule has 1 rings (SSSR count). The molecule has 0 aliphatic heterocycles. The first kappa shape index (κ1) is 17.7. The van der Waals surface area contributed by atoms with Crippen LogP contribution in [0.1, 0.15) is 40.0 Å². The third-order valence-electron chi connectivity index (χ3n) is 3.56. The van der Waals surface area contributed by atoms with Gasteiger partial charge in [0.15, 0.2) is 0 Å². The molecule has 0 spiro atoms. The fraction of sp³-hybridized carbons (Fsp3) is 0.923. The molecule has 1 aliphatic rings. The second kappa shape index (κ2) is 7.31. The smallest absolute Gasteiger partial charge is 0.223 e. The van der Waals surface area contributed by atoms with Crippen molar-refractivity contribution in [1.29, 1.82) is 0 Å². The highest BCUT2D eigenvalue weighted by atomic mass is 35.5. The number of rotatable bonds is 4. The van der Waals surface area contributed by atoms with Gasteiger partial charge in [-0.15, -0.1) is 12.4 Å². The molecule has 0 aromatic carbocycles. The van der Waals surface area contributed by atoms with E-state index in [1.54, 1.807) is 7.11 Å². The van der Waals surface area contributed by atoms with Gasteiger partial charge in [0.1, 0.15) is 0 Å². The van der Waals surface area contributed by atoms with Crippen molar-refractivity contribution in [2.24, 2.45) is 17.1 Å². The Hall–Kier alpha value is -0.320. The van der Waals surface area contributed by atoms with Gasteiger partial charge >= 0.3 is 0 Å². The van der Waals surface area contributed by atoms with Gasteiger partial charge in [0.25, 0.3) is 0 Å². The minimum Gasteiger partial charge on any atom is -0.379 e. The minimum absolute atomic E-state index is 0. The van der Waals surface area contributed by atoms with Gasteiger partial charge in [-0.1, -0.05) is 20.8 Å². The zero-order valence-corrected chi connectivity index (χ0v) is 12.7. The molecule has 3 atom stereocenters. The highest BCUT2D eigenvalue weighted by Crippen LogP contribution is 2.25. The second-order valence-corrected chi connectivity index (χ2v) is 6.11. The van der Waals surface area contributed by atoms with E-state index < -0.39 is 0 Å². The number of ether oxygens (including phenoxy) is 1. The molecule has 18 heavy (non-hydrogen) atoms. The number of hydrogen-bond acceptors (Lipinski definition) is 3. The molecule has 0 aromatic rings. The molecule has 0 heterocycles. The molecule has 0 radical (unpaired) electrons. The standard InChI is InChI=1S/C13H26N2O2.ClH/c1-13(2,3)11(17-4)8-15-12(16)9-5-6-10(14)7-9;/h9-11H,5-8,14H2,1-4H3,(H,15,16);1H. The molecule has 1 fully saturated rings. The molecule has 108 valence electrons. The summed E-state index contributed by atoms with van der Waals surface area (Å²) in [6.45, 7) is 6.90. The van der Waals surface area contributed by atoms with E-state index in [1.807, 2.05) is 0 Å². The van der Waals surface area contributed by atoms with Crippen molar-refractivity contribution >= 4 is 18.3 Å². The maximum atomic E-state index is 11.9.